The van der Waals surface area contributed by atoms with Crippen LogP contribution in [-0.4, -0.2) is 10.3 Å². The van der Waals surface area contributed by atoms with E-state index in [-0.39, 0.29) is 10.5 Å². The molecule has 0 aliphatic rings. The first kappa shape index (κ1) is 12.2. The summed E-state index contributed by atoms with van der Waals surface area (Å²) < 4.78 is 5.40. The lowest BCUT2D eigenvalue weighted by Gasteiger charge is -2.13. The predicted molar refractivity (Wildman–Crippen MR) is 69.2 cm³/mol. The van der Waals surface area contributed by atoms with Crippen molar-refractivity contribution < 1.29 is 9.32 Å². The van der Waals surface area contributed by atoms with Crippen molar-refractivity contribution in [3.8, 4) is 0 Å². The third-order valence-electron chi connectivity index (χ3n) is 2.39. The summed E-state index contributed by atoms with van der Waals surface area (Å²) in [6, 6.07) is 5.79. The average molecular weight is 249 g/mol. The normalized spacial score (nSPS) is 12.0. The molecule has 0 fully saturated rings. The lowest BCUT2D eigenvalue weighted by molar-refractivity contribution is -0.109. The van der Waals surface area contributed by atoms with E-state index in [0.717, 1.165) is 21.6 Å². The SMILES string of the molecule is CC(=O)Sc1ccc2c(C(C)(C)C)onc2c1. The summed E-state index contributed by atoms with van der Waals surface area (Å²) in [5.41, 5.74) is 0.741. The van der Waals surface area contributed by atoms with E-state index in [2.05, 4.69) is 25.9 Å². The lowest BCUT2D eigenvalue weighted by Crippen LogP contribution is -2.09. The maximum Gasteiger partial charge on any atom is 0.190 e. The molecule has 4 heteroatoms. The molecule has 0 unspecified atom stereocenters. The number of carbonyl (C=O) groups is 1. The van der Waals surface area contributed by atoms with E-state index in [0.29, 0.717) is 0 Å². The van der Waals surface area contributed by atoms with Crippen LogP contribution >= 0.6 is 11.8 Å². The van der Waals surface area contributed by atoms with Crippen LogP contribution in [0.25, 0.3) is 10.9 Å². The van der Waals surface area contributed by atoms with Crippen molar-refractivity contribution in [2.75, 3.05) is 0 Å². The van der Waals surface area contributed by atoms with Gasteiger partial charge in [-0.15, -0.1) is 0 Å². The number of benzene rings is 1. The quantitative estimate of drug-likeness (QED) is 0.722. The molecule has 2 aromatic rings. The molecule has 17 heavy (non-hydrogen) atoms. The molecule has 1 heterocycles. The third-order valence-corrected chi connectivity index (χ3v) is 3.17. The summed E-state index contributed by atoms with van der Waals surface area (Å²) in [5, 5.41) is 5.15. The Labute approximate surface area is 105 Å². The summed E-state index contributed by atoms with van der Waals surface area (Å²) in [6.07, 6.45) is 0. The summed E-state index contributed by atoms with van der Waals surface area (Å²) >= 11 is 1.21. The minimum Gasteiger partial charge on any atom is -0.360 e. The van der Waals surface area contributed by atoms with Crippen molar-refractivity contribution >= 4 is 27.8 Å². The van der Waals surface area contributed by atoms with Gasteiger partial charge in [-0.1, -0.05) is 37.7 Å². The first-order valence-corrected chi connectivity index (χ1v) is 6.28. The Kier molecular flexibility index (Phi) is 3.00. The number of aromatic nitrogens is 1. The Morgan fingerprint density at radius 2 is 2.06 bits per heavy atom. The van der Waals surface area contributed by atoms with Crippen LogP contribution in [0.3, 0.4) is 0 Å². The van der Waals surface area contributed by atoms with Gasteiger partial charge in [-0.2, -0.15) is 0 Å². The van der Waals surface area contributed by atoms with E-state index in [1.165, 1.54) is 11.8 Å². The molecule has 0 spiro atoms. The van der Waals surface area contributed by atoms with Gasteiger partial charge < -0.3 is 4.52 Å². The molecular formula is C13H15NO2S. The Bertz CT molecular complexity index is 566. The number of nitrogens with zero attached hydrogens (tertiary/aromatic N) is 1. The Morgan fingerprint density at radius 1 is 1.35 bits per heavy atom. The number of fused-ring (bicyclic) bond motifs is 1. The van der Waals surface area contributed by atoms with Crippen LogP contribution in [-0.2, 0) is 10.2 Å². The zero-order valence-electron chi connectivity index (χ0n) is 10.4. The van der Waals surface area contributed by atoms with Crippen molar-refractivity contribution in [2.45, 2.75) is 38.0 Å². The smallest absolute Gasteiger partial charge is 0.190 e. The highest BCUT2D eigenvalue weighted by Crippen LogP contribution is 2.32. The van der Waals surface area contributed by atoms with Gasteiger partial charge >= 0.3 is 0 Å². The molecule has 2 rings (SSSR count). The van der Waals surface area contributed by atoms with Gasteiger partial charge in [0, 0.05) is 22.6 Å². The Morgan fingerprint density at radius 3 is 2.65 bits per heavy atom. The largest absolute Gasteiger partial charge is 0.360 e. The van der Waals surface area contributed by atoms with Crippen molar-refractivity contribution in [1.29, 1.82) is 0 Å². The number of rotatable bonds is 1. The lowest BCUT2D eigenvalue weighted by atomic mass is 9.91. The highest BCUT2D eigenvalue weighted by molar-refractivity contribution is 8.13. The first-order chi connectivity index (χ1) is 7.88. The van der Waals surface area contributed by atoms with Crippen LogP contribution in [0.15, 0.2) is 27.6 Å². The molecule has 0 N–H and O–H groups in total. The second kappa shape index (κ2) is 4.18. The van der Waals surface area contributed by atoms with Gasteiger partial charge in [0.2, 0.25) is 0 Å². The maximum absolute atomic E-state index is 11.0. The molecule has 0 amide bonds. The van der Waals surface area contributed by atoms with E-state index in [1.807, 2.05) is 18.2 Å². The van der Waals surface area contributed by atoms with E-state index in [1.54, 1.807) is 6.92 Å². The number of thioether (sulfide) groups is 1. The van der Waals surface area contributed by atoms with Crippen LogP contribution in [0.5, 0.6) is 0 Å². The minimum atomic E-state index is -0.0655. The van der Waals surface area contributed by atoms with E-state index < -0.39 is 0 Å². The van der Waals surface area contributed by atoms with Crippen LogP contribution < -0.4 is 0 Å². The van der Waals surface area contributed by atoms with Crippen LogP contribution in [0, 0.1) is 0 Å². The topological polar surface area (TPSA) is 43.1 Å². The Balaban J connectivity index is 2.48. The molecule has 90 valence electrons. The summed E-state index contributed by atoms with van der Waals surface area (Å²) in [5.74, 6) is 0.881. The van der Waals surface area contributed by atoms with Gasteiger partial charge in [0.05, 0.1) is 0 Å². The molecule has 1 aromatic carbocycles. The summed E-state index contributed by atoms with van der Waals surface area (Å²) in [6.45, 7) is 7.82. The van der Waals surface area contributed by atoms with Crippen LogP contribution in [0.2, 0.25) is 0 Å². The van der Waals surface area contributed by atoms with Gasteiger partial charge in [-0.25, -0.2) is 0 Å². The third kappa shape index (κ3) is 2.52. The fourth-order valence-electron chi connectivity index (χ4n) is 1.69. The van der Waals surface area contributed by atoms with Crippen molar-refractivity contribution in [2.24, 2.45) is 0 Å². The zero-order valence-corrected chi connectivity index (χ0v) is 11.2. The predicted octanol–water partition coefficient (Wildman–Crippen LogP) is 3.76. The maximum atomic E-state index is 11.0. The van der Waals surface area contributed by atoms with Crippen LogP contribution in [0.1, 0.15) is 33.5 Å². The fraction of sp³-hybridized carbons (Fsp3) is 0.385. The van der Waals surface area contributed by atoms with Gasteiger partial charge in [0.25, 0.3) is 0 Å². The second-order valence-electron chi connectivity index (χ2n) is 5.03. The van der Waals surface area contributed by atoms with Gasteiger partial charge in [-0.05, 0) is 18.2 Å². The van der Waals surface area contributed by atoms with Gasteiger partial charge in [-0.3, -0.25) is 4.79 Å². The number of hydrogen-bond acceptors (Lipinski definition) is 4. The molecule has 0 saturated carbocycles. The molecule has 0 aliphatic carbocycles. The molecule has 0 aliphatic heterocycles. The van der Waals surface area contributed by atoms with E-state index in [4.69, 9.17) is 4.52 Å². The van der Waals surface area contributed by atoms with Crippen molar-refractivity contribution in [3.63, 3.8) is 0 Å². The standard InChI is InChI=1S/C13H15NO2S/c1-8(15)17-9-5-6-10-11(7-9)14-16-12(10)13(2,3)4/h5-7H,1-4H3. The van der Waals surface area contributed by atoms with Crippen molar-refractivity contribution in [1.82, 2.24) is 5.16 Å². The van der Waals surface area contributed by atoms with Crippen molar-refractivity contribution in [3.05, 3.63) is 24.0 Å². The average Bonchev–Trinajstić information content (AvgIpc) is 2.58. The van der Waals surface area contributed by atoms with E-state index in [9.17, 15) is 4.79 Å². The molecule has 0 saturated heterocycles. The molecule has 0 atom stereocenters. The first-order valence-electron chi connectivity index (χ1n) is 5.46. The number of carbonyl (C=O) groups excluding carboxylic acids is 1. The fourth-order valence-corrected chi connectivity index (χ4v) is 2.33. The molecular weight excluding hydrogens is 234 g/mol. The molecule has 1 aromatic heterocycles. The monoisotopic (exact) mass is 249 g/mol. The number of hydrogen-bond donors (Lipinski definition) is 0. The zero-order chi connectivity index (χ0) is 12.6. The van der Waals surface area contributed by atoms with Crippen LogP contribution in [0.4, 0.5) is 0 Å². The molecule has 3 nitrogen and oxygen atoms in total. The van der Waals surface area contributed by atoms with Gasteiger partial charge in [0.1, 0.15) is 11.3 Å². The summed E-state index contributed by atoms with van der Waals surface area (Å²) in [7, 11) is 0. The Hall–Kier alpha value is -1.29. The second-order valence-corrected chi connectivity index (χ2v) is 6.28. The minimum absolute atomic E-state index is 0.0655. The summed E-state index contributed by atoms with van der Waals surface area (Å²) in [4.78, 5) is 11.9. The van der Waals surface area contributed by atoms with E-state index >= 15 is 0 Å². The molecule has 0 bridgehead atoms. The van der Waals surface area contributed by atoms with Gasteiger partial charge in [0.15, 0.2) is 5.12 Å². The molecule has 0 radical (unpaired) electrons. The highest BCUT2D eigenvalue weighted by Gasteiger charge is 2.22. The highest BCUT2D eigenvalue weighted by atomic mass is 32.2.